The number of hydrogen-bond acceptors (Lipinski definition) is 3. The van der Waals surface area contributed by atoms with Crippen LogP contribution in [0.15, 0.2) is 42.5 Å². The molecule has 2 aromatic carbocycles. The average molecular weight is 327 g/mol. The van der Waals surface area contributed by atoms with E-state index >= 15 is 0 Å². The number of carbonyl (C=O) groups excluding carboxylic acids is 1. The SMILES string of the molecule is Cc1ccc(C)c(OCC(=O)Nc2cccc(C(C)C(=O)O)c2)c1. The molecule has 0 aromatic heterocycles. The lowest BCUT2D eigenvalue weighted by Gasteiger charge is -2.12. The second-order valence-electron chi connectivity index (χ2n) is 5.79. The molecule has 0 aliphatic rings. The van der Waals surface area contributed by atoms with Crippen LogP contribution in [0.5, 0.6) is 5.75 Å². The van der Waals surface area contributed by atoms with E-state index in [1.807, 2.05) is 32.0 Å². The van der Waals surface area contributed by atoms with Gasteiger partial charge in [-0.05, 0) is 55.7 Å². The van der Waals surface area contributed by atoms with E-state index < -0.39 is 11.9 Å². The Hall–Kier alpha value is -2.82. The number of amides is 1. The van der Waals surface area contributed by atoms with Crippen LogP contribution in [0, 0.1) is 13.8 Å². The Kier molecular flexibility index (Phi) is 5.58. The van der Waals surface area contributed by atoms with E-state index in [2.05, 4.69) is 5.32 Å². The van der Waals surface area contributed by atoms with E-state index in [-0.39, 0.29) is 12.5 Å². The van der Waals surface area contributed by atoms with Crippen molar-refractivity contribution in [2.24, 2.45) is 0 Å². The first-order valence-electron chi connectivity index (χ1n) is 7.69. The molecular formula is C19H21NO4. The van der Waals surface area contributed by atoms with Crippen molar-refractivity contribution in [2.45, 2.75) is 26.7 Å². The lowest BCUT2D eigenvalue weighted by molar-refractivity contribution is -0.138. The maximum atomic E-state index is 12.0. The number of benzene rings is 2. The summed E-state index contributed by atoms with van der Waals surface area (Å²) in [5.74, 6) is -1.15. The predicted octanol–water partition coefficient (Wildman–Crippen LogP) is 3.51. The zero-order valence-electron chi connectivity index (χ0n) is 14.0. The van der Waals surface area contributed by atoms with Crippen LogP contribution in [0.1, 0.15) is 29.5 Å². The molecule has 0 spiro atoms. The van der Waals surface area contributed by atoms with Gasteiger partial charge in [-0.25, -0.2) is 0 Å². The summed E-state index contributed by atoms with van der Waals surface area (Å²) >= 11 is 0. The fraction of sp³-hybridized carbons (Fsp3) is 0.263. The van der Waals surface area contributed by atoms with Gasteiger partial charge in [0.1, 0.15) is 5.75 Å². The maximum absolute atomic E-state index is 12.0. The largest absolute Gasteiger partial charge is 0.483 e. The molecule has 24 heavy (non-hydrogen) atoms. The van der Waals surface area contributed by atoms with Gasteiger partial charge in [-0.15, -0.1) is 0 Å². The molecule has 5 nitrogen and oxygen atoms in total. The number of aliphatic carboxylic acids is 1. The third kappa shape index (κ3) is 4.59. The molecule has 2 N–H and O–H groups in total. The van der Waals surface area contributed by atoms with Crippen molar-refractivity contribution in [1.82, 2.24) is 0 Å². The van der Waals surface area contributed by atoms with Gasteiger partial charge in [-0.2, -0.15) is 0 Å². The highest BCUT2D eigenvalue weighted by Gasteiger charge is 2.14. The molecular weight excluding hydrogens is 306 g/mol. The zero-order chi connectivity index (χ0) is 17.7. The van der Waals surface area contributed by atoms with Crippen molar-refractivity contribution in [1.29, 1.82) is 0 Å². The van der Waals surface area contributed by atoms with Gasteiger partial charge in [0.2, 0.25) is 0 Å². The van der Waals surface area contributed by atoms with Crippen LogP contribution in [-0.4, -0.2) is 23.6 Å². The van der Waals surface area contributed by atoms with E-state index in [9.17, 15) is 9.59 Å². The third-order valence-corrected chi connectivity index (χ3v) is 3.74. The number of rotatable bonds is 6. The number of hydrogen-bond donors (Lipinski definition) is 2. The summed E-state index contributed by atoms with van der Waals surface area (Å²) in [5, 5.41) is 11.8. The quantitative estimate of drug-likeness (QED) is 0.851. The second-order valence-corrected chi connectivity index (χ2v) is 5.79. The van der Waals surface area contributed by atoms with Crippen LogP contribution in [0.25, 0.3) is 0 Å². The van der Waals surface area contributed by atoms with E-state index in [0.29, 0.717) is 17.0 Å². The van der Waals surface area contributed by atoms with Crippen LogP contribution in [-0.2, 0) is 9.59 Å². The first kappa shape index (κ1) is 17.5. The highest BCUT2D eigenvalue weighted by atomic mass is 16.5. The molecule has 2 rings (SSSR count). The van der Waals surface area contributed by atoms with Gasteiger partial charge >= 0.3 is 5.97 Å². The summed E-state index contributed by atoms with van der Waals surface area (Å²) in [6.07, 6.45) is 0. The average Bonchev–Trinajstić information content (AvgIpc) is 2.55. The summed E-state index contributed by atoms with van der Waals surface area (Å²) in [6, 6.07) is 12.6. The minimum Gasteiger partial charge on any atom is -0.483 e. The molecule has 1 atom stereocenters. The number of carbonyl (C=O) groups is 2. The standard InChI is InChI=1S/C19H21NO4/c1-12-7-8-13(2)17(9-12)24-11-18(21)20-16-6-4-5-15(10-16)14(3)19(22)23/h4-10,14H,11H2,1-3H3,(H,20,21)(H,22,23). The molecule has 126 valence electrons. The number of anilines is 1. The number of aryl methyl sites for hydroxylation is 2. The Bertz CT molecular complexity index is 755. The maximum Gasteiger partial charge on any atom is 0.310 e. The van der Waals surface area contributed by atoms with Gasteiger partial charge in [0.15, 0.2) is 6.61 Å². The molecule has 5 heteroatoms. The van der Waals surface area contributed by atoms with Crippen molar-refractivity contribution in [3.05, 3.63) is 59.2 Å². The first-order chi connectivity index (χ1) is 11.4. The Morgan fingerprint density at radius 1 is 1.17 bits per heavy atom. The Morgan fingerprint density at radius 2 is 1.92 bits per heavy atom. The van der Waals surface area contributed by atoms with Gasteiger partial charge < -0.3 is 15.2 Å². The van der Waals surface area contributed by atoms with Gasteiger partial charge in [-0.3, -0.25) is 9.59 Å². The molecule has 0 radical (unpaired) electrons. The number of nitrogens with one attached hydrogen (secondary N) is 1. The molecule has 2 aromatic rings. The Labute approximate surface area is 141 Å². The van der Waals surface area contributed by atoms with Crippen LogP contribution in [0.2, 0.25) is 0 Å². The molecule has 0 heterocycles. The van der Waals surface area contributed by atoms with Crippen molar-refractivity contribution in [2.75, 3.05) is 11.9 Å². The van der Waals surface area contributed by atoms with Gasteiger partial charge in [0.25, 0.3) is 5.91 Å². The second kappa shape index (κ2) is 7.64. The smallest absolute Gasteiger partial charge is 0.310 e. The van der Waals surface area contributed by atoms with E-state index in [1.54, 1.807) is 31.2 Å². The van der Waals surface area contributed by atoms with Crippen LogP contribution < -0.4 is 10.1 Å². The first-order valence-corrected chi connectivity index (χ1v) is 7.69. The highest BCUT2D eigenvalue weighted by Crippen LogP contribution is 2.21. The lowest BCUT2D eigenvalue weighted by atomic mass is 10.0. The van der Waals surface area contributed by atoms with Crippen LogP contribution in [0.4, 0.5) is 5.69 Å². The van der Waals surface area contributed by atoms with Crippen molar-refractivity contribution in [3.8, 4) is 5.75 Å². The summed E-state index contributed by atoms with van der Waals surface area (Å²) in [6.45, 7) is 5.38. The molecule has 1 unspecified atom stereocenters. The normalized spacial score (nSPS) is 11.6. The molecule has 0 bridgehead atoms. The highest BCUT2D eigenvalue weighted by molar-refractivity contribution is 5.92. The number of carboxylic acid groups (broad SMARTS) is 1. The minimum absolute atomic E-state index is 0.108. The topological polar surface area (TPSA) is 75.6 Å². The molecule has 0 aliphatic heterocycles. The summed E-state index contributed by atoms with van der Waals surface area (Å²) in [5.41, 5.74) is 3.21. The third-order valence-electron chi connectivity index (χ3n) is 3.74. The van der Waals surface area contributed by atoms with E-state index in [0.717, 1.165) is 11.1 Å². The van der Waals surface area contributed by atoms with Gasteiger partial charge in [-0.1, -0.05) is 24.3 Å². The van der Waals surface area contributed by atoms with Gasteiger partial charge in [0, 0.05) is 5.69 Å². The number of ether oxygens (including phenoxy) is 1. The van der Waals surface area contributed by atoms with Crippen LogP contribution >= 0.6 is 0 Å². The van der Waals surface area contributed by atoms with Crippen molar-refractivity contribution < 1.29 is 19.4 Å². The molecule has 0 aliphatic carbocycles. The van der Waals surface area contributed by atoms with E-state index in [4.69, 9.17) is 9.84 Å². The molecule has 0 fully saturated rings. The summed E-state index contributed by atoms with van der Waals surface area (Å²) < 4.78 is 5.56. The number of carboxylic acids is 1. The van der Waals surface area contributed by atoms with Crippen molar-refractivity contribution >= 4 is 17.6 Å². The molecule has 1 amide bonds. The van der Waals surface area contributed by atoms with Crippen molar-refractivity contribution in [3.63, 3.8) is 0 Å². The molecule has 0 saturated carbocycles. The van der Waals surface area contributed by atoms with E-state index in [1.165, 1.54) is 0 Å². The summed E-state index contributed by atoms with van der Waals surface area (Å²) in [4.78, 5) is 23.1. The predicted molar refractivity (Wildman–Crippen MR) is 92.5 cm³/mol. The zero-order valence-corrected chi connectivity index (χ0v) is 14.0. The summed E-state index contributed by atoms with van der Waals surface area (Å²) in [7, 11) is 0. The fourth-order valence-electron chi connectivity index (χ4n) is 2.23. The Morgan fingerprint density at radius 3 is 2.62 bits per heavy atom. The molecule has 0 saturated heterocycles. The van der Waals surface area contributed by atoms with Gasteiger partial charge in [0.05, 0.1) is 5.92 Å². The lowest BCUT2D eigenvalue weighted by Crippen LogP contribution is -2.20. The minimum atomic E-state index is -0.906. The Balaban J connectivity index is 1.98. The monoisotopic (exact) mass is 327 g/mol. The van der Waals surface area contributed by atoms with Crippen LogP contribution in [0.3, 0.4) is 0 Å². The fourth-order valence-corrected chi connectivity index (χ4v) is 2.23.